The van der Waals surface area contributed by atoms with Gasteiger partial charge in [-0.05, 0) is 63.9 Å². The molecule has 2 aliphatic heterocycles. The first-order valence-electron chi connectivity index (χ1n) is 16.5. The van der Waals surface area contributed by atoms with Crippen LogP contribution in [-0.2, 0) is 34.0 Å². The summed E-state index contributed by atoms with van der Waals surface area (Å²) in [4.78, 5) is 61.6. The fourth-order valence-electron chi connectivity index (χ4n) is 6.64. The van der Waals surface area contributed by atoms with Crippen molar-refractivity contribution in [2.24, 2.45) is 11.1 Å². The maximum Gasteiger partial charge on any atom is 0.408 e. The van der Waals surface area contributed by atoms with Gasteiger partial charge in [-0.25, -0.2) is 13.2 Å². The lowest BCUT2D eigenvalue weighted by atomic mass is 10.0. The van der Waals surface area contributed by atoms with E-state index in [0.29, 0.717) is 25.0 Å². The Hall–Kier alpha value is -3.94. The van der Waals surface area contributed by atoms with Crippen molar-refractivity contribution in [2.75, 3.05) is 12.8 Å². The Balaban J connectivity index is 1.40. The van der Waals surface area contributed by atoms with E-state index in [2.05, 4.69) is 15.8 Å². The van der Waals surface area contributed by atoms with Crippen molar-refractivity contribution >= 4 is 39.5 Å². The van der Waals surface area contributed by atoms with Crippen molar-refractivity contribution in [1.82, 2.24) is 20.3 Å². The molecule has 13 nitrogen and oxygen atoms in total. The summed E-state index contributed by atoms with van der Waals surface area (Å²) in [6, 6.07) is 7.43. The topological polar surface area (TPSA) is 173 Å². The molecule has 14 heteroatoms. The third kappa shape index (κ3) is 8.91. The normalized spacial score (nSPS) is 29.7. The Morgan fingerprint density at radius 1 is 1.02 bits per heavy atom. The molecular formula is C33H45N5O8S. The maximum atomic E-state index is 14.2. The van der Waals surface area contributed by atoms with Gasteiger partial charge in [0.05, 0.1) is 18.5 Å². The van der Waals surface area contributed by atoms with Gasteiger partial charge in [-0.2, -0.15) is 0 Å². The smallest absolute Gasteiger partial charge is 0.408 e. The lowest BCUT2D eigenvalue weighted by Crippen LogP contribution is -2.58. The lowest BCUT2D eigenvalue weighted by molar-refractivity contribution is -0.141. The molecule has 0 bridgehead atoms. The quantitative estimate of drug-likeness (QED) is 0.226. The van der Waals surface area contributed by atoms with Gasteiger partial charge in [0.15, 0.2) is 0 Å². The van der Waals surface area contributed by atoms with Gasteiger partial charge in [-0.3, -0.25) is 19.1 Å². The average Bonchev–Trinajstić information content (AvgIpc) is 3.32. The number of carbonyl (C=O) groups excluding carboxylic acids is 4. The van der Waals surface area contributed by atoms with Crippen LogP contribution < -0.4 is 15.4 Å². The van der Waals surface area contributed by atoms with Crippen LogP contribution in [-0.4, -0.2) is 85.5 Å². The van der Waals surface area contributed by atoms with Crippen LogP contribution in [0.4, 0.5) is 4.79 Å². The molecule has 5 atom stereocenters. The number of amides is 4. The molecule has 1 aromatic rings. The molecule has 0 unspecified atom stereocenters. The molecule has 0 aromatic heterocycles. The number of carbonyl (C=O) groups is 4. The standard InChI is InChI=1S/C33H45N5O8S/c1-22(23-13-7-6-8-14-23)36-46-26-19-28-29(39)35-33(31(41)37-47(2,43)44)20-24(33)15-9-4-3-5-10-18-27(30(40)38(28)21-26)34-32(42)45-25-16-11-12-17-25/h6-9,13-15,24-28H,3-5,10-12,16-21H2,1-2H3,(H,34,42)(H,35,39)(H,37,41)/b15-9-,36-22+/t24-,26+,27+,28-,33-/m0/s1. The third-order valence-electron chi connectivity index (χ3n) is 9.32. The van der Waals surface area contributed by atoms with Crippen LogP contribution in [0.25, 0.3) is 0 Å². The zero-order valence-corrected chi connectivity index (χ0v) is 27.8. The molecule has 3 N–H and O–H groups in total. The lowest BCUT2D eigenvalue weighted by Gasteiger charge is -2.29. The molecular weight excluding hydrogens is 626 g/mol. The van der Waals surface area contributed by atoms with E-state index in [-0.39, 0.29) is 25.5 Å². The predicted octanol–water partition coefficient (Wildman–Crippen LogP) is 2.91. The Labute approximate surface area is 275 Å². The van der Waals surface area contributed by atoms with Crippen molar-refractivity contribution in [3.8, 4) is 0 Å². The molecule has 2 heterocycles. The van der Waals surface area contributed by atoms with E-state index in [4.69, 9.17) is 9.57 Å². The molecule has 0 spiro atoms. The van der Waals surface area contributed by atoms with Crippen molar-refractivity contribution in [2.45, 2.75) is 107 Å². The van der Waals surface area contributed by atoms with Crippen LogP contribution in [0.1, 0.15) is 83.1 Å². The van der Waals surface area contributed by atoms with Gasteiger partial charge in [-0.1, -0.05) is 60.5 Å². The first-order valence-corrected chi connectivity index (χ1v) is 18.4. The zero-order chi connectivity index (χ0) is 33.6. The Morgan fingerprint density at radius 3 is 2.47 bits per heavy atom. The SMILES string of the molecule is C/C(=N\O[C@@H]1C[C@H]2C(=O)N[C@@]3(C(=O)NS(C)(=O)=O)C[C@@H]3/C=C\CCCCC[C@@H](NC(=O)OC3CCCC3)C(=O)N2C1)c1ccccc1. The van der Waals surface area contributed by atoms with Crippen LogP contribution in [0.5, 0.6) is 0 Å². The summed E-state index contributed by atoms with van der Waals surface area (Å²) < 4.78 is 31.6. The minimum Gasteiger partial charge on any atom is -0.446 e. The summed E-state index contributed by atoms with van der Waals surface area (Å²) in [5.41, 5.74) is -0.00938. The average molecular weight is 672 g/mol. The Kier molecular flexibility index (Phi) is 10.9. The van der Waals surface area contributed by atoms with E-state index >= 15 is 0 Å². The number of ether oxygens (including phenoxy) is 1. The molecule has 0 radical (unpaired) electrons. The highest BCUT2D eigenvalue weighted by Crippen LogP contribution is 2.45. The zero-order valence-electron chi connectivity index (χ0n) is 27.0. The van der Waals surface area contributed by atoms with Gasteiger partial charge in [0.1, 0.15) is 29.8 Å². The number of alkyl carbamates (subject to hydrolysis) is 1. The largest absolute Gasteiger partial charge is 0.446 e. The van der Waals surface area contributed by atoms with E-state index in [9.17, 15) is 27.6 Å². The summed E-state index contributed by atoms with van der Waals surface area (Å²) in [7, 11) is -3.89. The third-order valence-corrected chi connectivity index (χ3v) is 9.88. The molecule has 5 rings (SSSR count). The van der Waals surface area contributed by atoms with Crippen LogP contribution in [0, 0.1) is 5.92 Å². The number of rotatable bonds is 7. The fourth-order valence-corrected chi connectivity index (χ4v) is 7.15. The van der Waals surface area contributed by atoms with E-state index in [1.54, 1.807) is 6.92 Å². The summed E-state index contributed by atoms with van der Waals surface area (Å²) in [5.74, 6) is -2.31. The molecule has 4 aliphatic rings. The summed E-state index contributed by atoms with van der Waals surface area (Å²) >= 11 is 0. The van der Waals surface area contributed by atoms with E-state index in [1.807, 2.05) is 47.2 Å². The van der Waals surface area contributed by atoms with Gasteiger partial charge < -0.3 is 25.1 Å². The molecule has 2 saturated carbocycles. The van der Waals surface area contributed by atoms with Crippen molar-refractivity contribution in [3.63, 3.8) is 0 Å². The molecule has 2 aliphatic carbocycles. The summed E-state index contributed by atoms with van der Waals surface area (Å²) in [6.07, 6.45) is 10.3. The van der Waals surface area contributed by atoms with Gasteiger partial charge in [0.2, 0.25) is 21.8 Å². The van der Waals surface area contributed by atoms with Gasteiger partial charge in [-0.15, -0.1) is 0 Å². The number of fused-ring (bicyclic) bond motifs is 2. The Bertz CT molecular complexity index is 1490. The number of benzene rings is 1. The number of oxime groups is 1. The second-order valence-corrected chi connectivity index (χ2v) is 14.8. The summed E-state index contributed by atoms with van der Waals surface area (Å²) in [6.45, 7) is 1.81. The van der Waals surface area contributed by atoms with Crippen LogP contribution >= 0.6 is 0 Å². The minimum atomic E-state index is -3.89. The second kappa shape index (κ2) is 14.9. The number of allylic oxidation sites excluding steroid dienone is 1. The van der Waals surface area contributed by atoms with Gasteiger partial charge in [0.25, 0.3) is 5.91 Å². The van der Waals surface area contributed by atoms with Crippen LogP contribution in [0.15, 0.2) is 47.6 Å². The second-order valence-electron chi connectivity index (χ2n) is 13.1. The van der Waals surface area contributed by atoms with Gasteiger partial charge in [0, 0.05) is 12.3 Å². The molecule has 256 valence electrons. The number of hydrogen-bond donors (Lipinski definition) is 3. The van der Waals surface area contributed by atoms with E-state index in [0.717, 1.165) is 50.3 Å². The van der Waals surface area contributed by atoms with Crippen molar-refractivity contribution in [3.05, 3.63) is 48.0 Å². The number of sulfonamides is 1. The van der Waals surface area contributed by atoms with Crippen LogP contribution in [0.3, 0.4) is 0 Å². The summed E-state index contributed by atoms with van der Waals surface area (Å²) in [5, 5.41) is 9.86. The molecule has 1 aromatic carbocycles. The van der Waals surface area contributed by atoms with E-state index in [1.165, 1.54) is 4.90 Å². The van der Waals surface area contributed by atoms with Crippen LogP contribution in [0.2, 0.25) is 0 Å². The molecule has 4 amide bonds. The highest BCUT2D eigenvalue weighted by molar-refractivity contribution is 7.89. The predicted molar refractivity (Wildman–Crippen MR) is 173 cm³/mol. The monoisotopic (exact) mass is 671 g/mol. The van der Waals surface area contributed by atoms with E-state index < -0.39 is 63.5 Å². The number of nitrogens with one attached hydrogen (secondary N) is 3. The number of nitrogens with zero attached hydrogens (tertiary/aromatic N) is 2. The number of hydrogen-bond acceptors (Lipinski definition) is 9. The van der Waals surface area contributed by atoms with Crippen molar-refractivity contribution in [1.29, 1.82) is 0 Å². The first-order chi connectivity index (χ1) is 22.4. The first kappa shape index (κ1) is 34.4. The molecule has 3 fully saturated rings. The Morgan fingerprint density at radius 2 is 1.74 bits per heavy atom. The highest BCUT2D eigenvalue weighted by Gasteiger charge is 2.61. The maximum absolute atomic E-state index is 14.2. The molecule has 47 heavy (non-hydrogen) atoms. The minimum absolute atomic E-state index is 0.0181. The molecule has 1 saturated heterocycles. The van der Waals surface area contributed by atoms with Crippen molar-refractivity contribution < 1.29 is 37.2 Å². The highest BCUT2D eigenvalue weighted by atomic mass is 32.2. The fraction of sp³-hybridized carbons (Fsp3) is 0.606. The van der Waals surface area contributed by atoms with Gasteiger partial charge >= 0.3 is 6.09 Å².